The molecule has 2 aliphatic rings. The Hall–Kier alpha value is -8.21. The van der Waals surface area contributed by atoms with Gasteiger partial charge in [0.05, 0.1) is 16.4 Å². The van der Waals surface area contributed by atoms with E-state index in [0.717, 1.165) is 38.8 Å². The highest BCUT2D eigenvalue weighted by atomic mass is 15.0. The van der Waals surface area contributed by atoms with Gasteiger partial charge in [-0.3, -0.25) is 0 Å². The summed E-state index contributed by atoms with van der Waals surface area (Å²) in [6.45, 7) is 0. The van der Waals surface area contributed by atoms with Gasteiger partial charge in [-0.05, 0) is 98.1 Å². The van der Waals surface area contributed by atoms with Crippen molar-refractivity contribution in [1.82, 2.24) is 19.5 Å². The fourth-order valence-corrected chi connectivity index (χ4v) is 10.5. The highest BCUT2D eigenvalue weighted by Gasteiger charge is 2.51. The number of rotatable bonds is 5. The lowest BCUT2D eigenvalue weighted by molar-refractivity contribution is 0.794. The molecule has 0 saturated heterocycles. The van der Waals surface area contributed by atoms with E-state index in [1.54, 1.807) is 0 Å². The van der Waals surface area contributed by atoms with Crippen molar-refractivity contribution in [2.45, 2.75) is 5.41 Å². The van der Waals surface area contributed by atoms with Crippen LogP contribution < -0.4 is 0 Å². The zero-order chi connectivity index (χ0) is 40.8. The van der Waals surface area contributed by atoms with Crippen LogP contribution in [0.5, 0.6) is 0 Å². The summed E-state index contributed by atoms with van der Waals surface area (Å²) in [5, 5.41) is 2.30. The van der Waals surface area contributed by atoms with E-state index in [1.807, 2.05) is 36.4 Å². The lowest BCUT2D eigenvalue weighted by atomic mass is 9.70. The third-order valence-electron chi connectivity index (χ3n) is 13.1. The smallest absolute Gasteiger partial charge is 0.164 e. The number of para-hydroxylation sites is 1. The fraction of sp³-hybridized carbons (Fsp3) is 0.0172. The molecular weight excluding hydrogens is 753 g/mol. The van der Waals surface area contributed by atoms with Crippen LogP contribution in [0.2, 0.25) is 0 Å². The molecule has 2 aliphatic carbocycles. The first kappa shape index (κ1) is 34.6. The summed E-state index contributed by atoms with van der Waals surface area (Å²) in [6.07, 6.45) is 0. The van der Waals surface area contributed by atoms with Crippen LogP contribution >= 0.6 is 0 Å². The Morgan fingerprint density at radius 2 is 0.726 bits per heavy atom. The molecule has 0 N–H and O–H groups in total. The van der Waals surface area contributed by atoms with Crippen molar-refractivity contribution in [2.24, 2.45) is 0 Å². The van der Waals surface area contributed by atoms with Gasteiger partial charge >= 0.3 is 0 Å². The Labute approximate surface area is 359 Å². The van der Waals surface area contributed by atoms with Gasteiger partial charge < -0.3 is 4.57 Å². The second kappa shape index (κ2) is 13.4. The molecule has 4 heteroatoms. The van der Waals surface area contributed by atoms with Gasteiger partial charge in [0.25, 0.3) is 0 Å². The van der Waals surface area contributed by atoms with Crippen LogP contribution in [0, 0.1) is 0 Å². The monoisotopic (exact) mass is 788 g/mol. The van der Waals surface area contributed by atoms with E-state index in [1.165, 1.54) is 61.0 Å². The zero-order valence-electron chi connectivity index (χ0n) is 33.6. The van der Waals surface area contributed by atoms with E-state index < -0.39 is 5.41 Å². The predicted octanol–water partition coefficient (Wildman–Crippen LogP) is 14.0. The maximum Gasteiger partial charge on any atom is 0.164 e. The van der Waals surface area contributed by atoms with Crippen LogP contribution in [-0.2, 0) is 5.41 Å². The normalized spacial score (nSPS) is 13.0. The molecule has 2 aromatic heterocycles. The Morgan fingerprint density at radius 1 is 0.306 bits per heavy atom. The lowest BCUT2D eigenvalue weighted by Gasteiger charge is -2.30. The molecule has 0 saturated carbocycles. The van der Waals surface area contributed by atoms with E-state index in [9.17, 15) is 0 Å². The number of aromatic nitrogens is 4. The van der Waals surface area contributed by atoms with Gasteiger partial charge in [0.15, 0.2) is 17.5 Å². The first-order chi connectivity index (χ1) is 30.8. The summed E-state index contributed by atoms with van der Waals surface area (Å²) >= 11 is 0. The second-order valence-electron chi connectivity index (χ2n) is 16.3. The fourth-order valence-electron chi connectivity index (χ4n) is 10.5. The second-order valence-corrected chi connectivity index (χ2v) is 16.3. The molecule has 0 aliphatic heterocycles. The predicted molar refractivity (Wildman–Crippen MR) is 252 cm³/mol. The largest absolute Gasteiger partial charge is 0.309 e. The summed E-state index contributed by atoms with van der Waals surface area (Å²) < 4.78 is 2.38. The molecule has 0 bridgehead atoms. The molecule has 0 radical (unpaired) electrons. The average Bonchev–Trinajstić information content (AvgIpc) is 3.96. The van der Waals surface area contributed by atoms with Crippen molar-refractivity contribution >= 4 is 21.8 Å². The number of hydrogen-bond donors (Lipinski definition) is 0. The average molecular weight is 789 g/mol. The minimum atomic E-state index is -0.404. The number of fused-ring (bicyclic) bond motifs is 13. The first-order valence-corrected chi connectivity index (χ1v) is 21.2. The van der Waals surface area contributed by atoms with Crippen LogP contribution in [0.15, 0.2) is 218 Å². The van der Waals surface area contributed by atoms with Crippen LogP contribution in [-0.4, -0.2) is 19.5 Å². The number of nitrogens with zero attached hydrogens (tertiary/aromatic N) is 4. The number of hydrogen-bond acceptors (Lipinski definition) is 3. The first-order valence-electron chi connectivity index (χ1n) is 21.2. The molecule has 4 nitrogen and oxygen atoms in total. The molecule has 0 fully saturated rings. The molecule has 9 aromatic carbocycles. The zero-order valence-corrected chi connectivity index (χ0v) is 33.6. The van der Waals surface area contributed by atoms with Gasteiger partial charge in [-0.15, -0.1) is 0 Å². The van der Waals surface area contributed by atoms with Crippen molar-refractivity contribution in [2.75, 3.05) is 0 Å². The van der Waals surface area contributed by atoms with Gasteiger partial charge in [-0.2, -0.15) is 0 Å². The van der Waals surface area contributed by atoms with E-state index >= 15 is 0 Å². The van der Waals surface area contributed by atoms with Crippen molar-refractivity contribution in [3.63, 3.8) is 0 Å². The van der Waals surface area contributed by atoms with Gasteiger partial charge in [-0.25, -0.2) is 15.0 Å². The van der Waals surface area contributed by atoms with E-state index in [-0.39, 0.29) is 0 Å². The number of benzene rings is 9. The Bertz CT molecular complexity index is 3470. The topological polar surface area (TPSA) is 43.6 Å². The minimum Gasteiger partial charge on any atom is -0.309 e. The molecule has 0 unspecified atom stereocenters. The summed E-state index contributed by atoms with van der Waals surface area (Å²) in [6, 6.07) is 78.7. The molecule has 288 valence electrons. The molecule has 2 heterocycles. The molecule has 1 spiro atoms. The molecule has 0 atom stereocenters. The Balaban J connectivity index is 1.05. The van der Waals surface area contributed by atoms with Crippen molar-refractivity contribution in [3.05, 3.63) is 241 Å². The maximum atomic E-state index is 5.11. The van der Waals surface area contributed by atoms with Crippen LogP contribution in [0.3, 0.4) is 0 Å². The summed E-state index contributed by atoms with van der Waals surface area (Å²) in [4.78, 5) is 15.2. The quantitative estimate of drug-likeness (QED) is 0.174. The minimum absolute atomic E-state index is 0.404. The van der Waals surface area contributed by atoms with Crippen molar-refractivity contribution in [1.29, 1.82) is 0 Å². The van der Waals surface area contributed by atoms with Gasteiger partial charge in [-0.1, -0.05) is 176 Å². The van der Waals surface area contributed by atoms with Crippen LogP contribution in [0.25, 0.3) is 95.0 Å². The molecule has 11 aromatic rings. The standard InChI is InChI=1S/C58H36N4/c1-4-17-37(18-5-1)55-59-56(38-19-6-2-7-20-38)61-57(60-55)40-32-34-53-47(36-40)46-35-39(31-33-52(46)62(53)41-21-8-3-9-22-41)42-26-16-30-51-54(42)45-25-12-15-29-50(45)58(51)48-27-13-10-23-43(48)44-24-11-14-28-49(44)58/h1-36H. The highest BCUT2D eigenvalue weighted by molar-refractivity contribution is 6.12. The van der Waals surface area contributed by atoms with Gasteiger partial charge in [0, 0.05) is 33.2 Å². The molecule has 62 heavy (non-hydrogen) atoms. The third kappa shape index (κ3) is 4.92. The van der Waals surface area contributed by atoms with Crippen LogP contribution in [0.4, 0.5) is 0 Å². The summed E-state index contributed by atoms with van der Waals surface area (Å²) in [5.41, 5.74) is 18.8. The summed E-state index contributed by atoms with van der Waals surface area (Å²) in [7, 11) is 0. The third-order valence-corrected chi connectivity index (χ3v) is 13.1. The molecule has 0 amide bonds. The van der Waals surface area contributed by atoms with Crippen molar-refractivity contribution in [3.8, 4) is 73.2 Å². The summed E-state index contributed by atoms with van der Waals surface area (Å²) in [5.74, 6) is 1.93. The Morgan fingerprint density at radius 3 is 1.31 bits per heavy atom. The lowest BCUT2D eigenvalue weighted by Crippen LogP contribution is -2.25. The highest BCUT2D eigenvalue weighted by Crippen LogP contribution is 2.64. The molecular formula is C58H36N4. The SMILES string of the molecule is c1ccc(-c2nc(-c3ccccc3)nc(-c3ccc4c(c3)c3cc(-c5cccc6c5-c5ccccc5C65c6ccccc6-c6ccccc65)ccc3n4-c3ccccc3)n2)cc1. The maximum absolute atomic E-state index is 5.11. The molecule has 13 rings (SSSR count). The van der Waals surface area contributed by atoms with Gasteiger partial charge in [0.2, 0.25) is 0 Å². The Kier molecular flexibility index (Phi) is 7.49. The van der Waals surface area contributed by atoms with E-state index in [2.05, 4.69) is 187 Å². The van der Waals surface area contributed by atoms with Crippen LogP contribution in [0.1, 0.15) is 22.3 Å². The van der Waals surface area contributed by atoms with Gasteiger partial charge in [0.1, 0.15) is 0 Å². The van der Waals surface area contributed by atoms with Crippen molar-refractivity contribution < 1.29 is 0 Å². The van der Waals surface area contributed by atoms with E-state index in [0.29, 0.717) is 17.5 Å². The van der Waals surface area contributed by atoms with E-state index in [4.69, 9.17) is 15.0 Å².